The van der Waals surface area contributed by atoms with Gasteiger partial charge in [0.25, 0.3) is 5.91 Å². The van der Waals surface area contributed by atoms with Crippen LogP contribution in [0.2, 0.25) is 0 Å². The van der Waals surface area contributed by atoms with Crippen molar-refractivity contribution < 1.29 is 9.59 Å². The lowest BCUT2D eigenvalue weighted by Gasteiger charge is -2.34. The van der Waals surface area contributed by atoms with Crippen molar-refractivity contribution in [3.8, 4) is 0 Å². The molecule has 2 heterocycles. The zero-order valence-electron chi connectivity index (χ0n) is 16.6. The topological polar surface area (TPSA) is 67.2 Å². The van der Waals surface area contributed by atoms with E-state index >= 15 is 0 Å². The molecular weight excluding hydrogens is 352 g/mol. The lowest BCUT2D eigenvalue weighted by Crippen LogP contribution is -2.43. The van der Waals surface area contributed by atoms with Crippen LogP contribution in [0.1, 0.15) is 55.5 Å². The van der Waals surface area contributed by atoms with Crippen molar-refractivity contribution in [2.24, 2.45) is 11.8 Å². The quantitative estimate of drug-likeness (QED) is 0.884. The molecule has 1 aliphatic carbocycles. The van der Waals surface area contributed by atoms with Gasteiger partial charge in [-0.3, -0.25) is 14.5 Å². The number of fused-ring (bicyclic) bond motifs is 1. The molecule has 4 rings (SSSR count). The minimum absolute atomic E-state index is 0.00961. The van der Waals surface area contributed by atoms with Gasteiger partial charge >= 0.3 is 0 Å². The zero-order chi connectivity index (χ0) is 19.7. The van der Waals surface area contributed by atoms with Crippen LogP contribution in [0.15, 0.2) is 36.5 Å². The summed E-state index contributed by atoms with van der Waals surface area (Å²) in [4.78, 5) is 26.8. The molecule has 0 spiro atoms. The van der Waals surface area contributed by atoms with Gasteiger partial charge in [0.05, 0.1) is 19.3 Å². The predicted molar refractivity (Wildman–Crippen MR) is 108 cm³/mol. The number of aryl methyl sites for hydroxylation is 1. The van der Waals surface area contributed by atoms with Crippen LogP contribution in [0, 0.1) is 11.8 Å². The van der Waals surface area contributed by atoms with E-state index in [1.165, 1.54) is 12.8 Å². The Morgan fingerprint density at radius 2 is 1.96 bits per heavy atom. The maximum Gasteiger partial charge on any atom is 0.251 e. The van der Waals surface area contributed by atoms with Crippen molar-refractivity contribution >= 4 is 17.6 Å². The number of carbonyl (C=O) groups excluding carboxylic acids is 2. The first-order chi connectivity index (χ1) is 13.5. The number of aromatic nitrogens is 2. The molecule has 2 aromatic rings. The van der Waals surface area contributed by atoms with Crippen molar-refractivity contribution in [2.75, 3.05) is 4.90 Å². The monoisotopic (exact) mass is 380 g/mol. The number of nitrogens with zero attached hydrogens (tertiary/aromatic N) is 3. The molecule has 0 bridgehead atoms. The highest BCUT2D eigenvalue weighted by molar-refractivity contribution is 5.95. The average Bonchev–Trinajstić information content (AvgIpc) is 3.17. The number of benzene rings is 1. The number of anilines is 1. The van der Waals surface area contributed by atoms with Crippen molar-refractivity contribution in [2.45, 2.75) is 58.7 Å². The van der Waals surface area contributed by atoms with Crippen LogP contribution >= 0.6 is 0 Å². The lowest BCUT2D eigenvalue weighted by atomic mass is 9.78. The van der Waals surface area contributed by atoms with E-state index in [4.69, 9.17) is 0 Å². The number of carbonyl (C=O) groups is 2. The summed E-state index contributed by atoms with van der Waals surface area (Å²) in [5, 5.41) is 7.47. The minimum Gasteiger partial charge on any atom is -0.349 e. The molecule has 2 amide bonds. The van der Waals surface area contributed by atoms with E-state index < -0.39 is 0 Å². The first-order valence-corrected chi connectivity index (χ1v) is 10.2. The zero-order valence-corrected chi connectivity index (χ0v) is 16.6. The number of rotatable bonds is 4. The molecule has 0 unspecified atom stereocenters. The van der Waals surface area contributed by atoms with Crippen molar-refractivity contribution in [3.63, 3.8) is 0 Å². The van der Waals surface area contributed by atoms with Crippen LogP contribution in [0.4, 0.5) is 5.82 Å². The molecule has 1 N–H and O–H groups in total. The summed E-state index contributed by atoms with van der Waals surface area (Å²) >= 11 is 0. The Kier molecular flexibility index (Phi) is 5.20. The van der Waals surface area contributed by atoms with E-state index in [9.17, 15) is 9.59 Å². The molecule has 1 saturated carbocycles. The molecule has 3 atom stereocenters. The number of amides is 2. The van der Waals surface area contributed by atoms with Gasteiger partial charge in [-0.2, -0.15) is 5.10 Å². The third kappa shape index (κ3) is 3.68. The first kappa shape index (κ1) is 18.7. The number of nitrogens with one attached hydrogen (secondary N) is 1. The molecule has 1 aromatic carbocycles. The van der Waals surface area contributed by atoms with E-state index in [2.05, 4.69) is 24.3 Å². The van der Waals surface area contributed by atoms with Crippen molar-refractivity contribution in [1.82, 2.24) is 15.1 Å². The predicted octanol–water partition coefficient (Wildman–Crippen LogP) is 3.37. The maximum absolute atomic E-state index is 12.7. The van der Waals surface area contributed by atoms with Crippen molar-refractivity contribution in [1.29, 1.82) is 0 Å². The van der Waals surface area contributed by atoms with Gasteiger partial charge in [0.15, 0.2) is 0 Å². The van der Waals surface area contributed by atoms with Gasteiger partial charge in [0, 0.05) is 24.1 Å². The van der Waals surface area contributed by atoms with Gasteiger partial charge in [-0.05, 0) is 36.0 Å². The van der Waals surface area contributed by atoms with Gasteiger partial charge in [-0.15, -0.1) is 0 Å². The van der Waals surface area contributed by atoms with Gasteiger partial charge < -0.3 is 5.32 Å². The molecular formula is C22H28N4O2. The van der Waals surface area contributed by atoms with Crippen LogP contribution in [-0.2, 0) is 17.9 Å². The smallest absolute Gasteiger partial charge is 0.251 e. The molecule has 1 aromatic heterocycles. The van der Waals surface area contributed by atoms with Gasteiger partial charge in [-0.1, -0.05) is 38.8 Å². The van der Waals surface area contributed by atoms with Crippen LogP contribution in [0.5, 0.6) is 0 Å². The fourth-order valence-corrected chi connectivity index (χ4v) is 4.34. The maximum atomic E-state index is 12.7. The highest BCUT2D eigenvalue weighted by Gasteiger charge is 2.28. The molecule has 6 heteroatoms. The molecule has 2 aliphatic rings. The first-order valence-electron chi connectivity index (χ1n) is 10.2. The van der Waals surface area contributed by atoms with E-state index in [0.29, 0.717) is 36.9 Å². The second kappa shape index (κ2) is 7.78. The number of hydrogen-bond acceptors (Lipinski definition) is 3. The highest BCUT2D eigenvalue weighted by Crippen LogP contribution is 2.29. The number of hydrogen-bond donors (Lipinski definition) is 1. The summed E-state index contributed by atoms with van der Waals surface area (Å²) in [7, 11) is 0. The van der Waals surface area contributed by atoms with Crippen LogP contribution in [-0.4, -0.2) is 27.6 Å². The molecule has 1 fully saturated rings. The van der Waals surface area contributed by atoms with Crippen LogP contribution in [0.3, 0.4) is 0 Å². The Bertz CT molecular complexity index is 858. The van der Waals surface area contributed by atoms with E-state index in [-0.39, 0.29) is 17.9 Å². The van der Waals surface area contributed by atoms with Crippen LogP contribution < -0.4 is 10.2 Å². The summed E-state index contributed by atoms with van der Waals surface area (Å²) < 4.78 is 1.86. The Morgan fingerprint density at radius 1 is 1.18 bits per heavy atom. The second-order valence-electron chi connectivity index (χ2n) is 8.19. The summed E-state index contributed by atoms with van der Waals surface area (Å²) in [5.74, 6) is 2.09. The normalized spacial score (nSPS) is 24.7. The summed E-state index contributed by atoms with van der Waals surface area (Å²) in [6.07, 6.45) is 5.67. The summed E-state index contributed by atoms with van der Waals surface area (Å²) in [6.45, 7) is 5.63. The minimum atomic E-state index is -0.00961. The summed E-state index contributed by atoms with van der Waals surface area (Å²) in [5.41, 5.74) is 1.67. The third-order valence-electron chi connectivity index (χ3n) is 6.39. The lowest BCUT2D eigenvalue weighted by molar-refractivity contribution is -0.119. The highest BCUT2D eigenvalue weighted by atomic mass is 16.2. The molecule has 28 heavy (non-hydrogen) atoms. The fraction of sp³-hybridized carbons (Fsp3) is 0.500. The molecule has 6 nitrogen and oxygen atoms in total. The summed E-state index contributed by atoms with van der Waals surface area (Å²) in [6, 6.07) is 9.70. The SMILES string of the molecule is C[C@@H]1[C@H](C)CCC[C@H]1NC(=O)c1ccc(CN2C(=O)CCn3nccc32)cc1. The van der Waals surface area contributed by atoms with Crippen LogP contribution in [0.25, 0.3) is 0 Å². The standard InChI is InChI=1S/C22H28N4O2/c1-15-4-3-5-19(16(15)2)24-22(28)18-8-6-17(7-9-18)14-25-20-10-12-23-26(20)13-11-21(25)27/h6-10,12,15-16,19H,3-5,11,13-14H2,1-2H3,(H,24,28)/t15-,16-,19-/m1/s1. The average molecular weight is 380 g/mol. The van der Waals surface area contributed by atoms with Gasteiger partial charge in [0.2, 0.25) is 5.91 Å². The van der Waals surface area contributed by atoms with E-state index in [1.807, 2.05) is 35.0 Å². The Hall–Kier alpha value is -2.63. The van der Waals surface area contributed by atoms with Crippen molar-refractivity contribution in [3.05, 3.63) is 47.7 Å². The van der Waals surface area contributed by atoms with E-state index in [0.717, 1.165) is 17.8 Å². The Labute approximate surface area is 165 Å². The largest absolute Gasteiger partial charge is 0.349 e. The molecule has 0 saturated heterocycles. The second-order valence-corrected chi connectivity index (χ2v) is 8.19. The Balaban J connectivity index is 1.42. The fourth-order valence-electron chi connectivity index (χ4n) is 4.34. The van der Waals surface area contributed by atoms with Gasteiger partial charge in [0.1, 0.15) is 5.82 Å². The Morgan fingerprint density at radius 3 is 2.75 bits per heavy atom. The molecule has 148 valence electrons. The third-order valence-corrected chi connectivity index (χ3v) is 6.39. The van der Waals surface area contributed by atoms with E-state index in [1.54, 1.807) is 11.1 Å². The van der Waals surface area contributed by atoms with Gasteiger partial charge in [-0.25, -0.2) is 4.68 Å². The molecule has 1 aliphatic heterocycles. The molecule has 0 radical (unpaired) electrons.